The van der Waals surface area contributed by atoms with E-state index in [1.807, 2.05) is 26.5 Å². The zero-order valence-electron chi connectivity index (χ0n) is 19.4. The topological polar surface area (TPSA) is 36.4 Å². The second-order valence-corrected chi connectivity index (χ2v) is 9.26. The summed E-state index contributed by atoms with van der Waals surface area (Å²) in [5.74, 6) is 0.251. The molecular formula is C28H33N3O. The smallest absolute Gasteiger partial charge is 0.228 e. The predicted molar refractivity (Wildman–Crippen MR) is 130 cm³/mol. The van der Waals surface area contributed by atoms with Gasteiger partial charge in [0.15, 0.2) is 0 Å². The van der Waals surface area contributed by atoms with E-state index in [0.717, 1.165) is 38.9 Å². The zero-order valence-corrected chi connectivity index (χ0v) is 19.4. The molecule has 4 heteroatoms. The Bertz CT molecular complexity index is 1050. The van der Waals surface area contributed by atoms with Crippen LogP contribution in [-0.4, -0.2) is 47.9 Å². The molecule has 2 heterocycles. The minimum absolute atomic E-state index is 0.251. The van der Waals surface area contributed by atoms with Crippen LogP contribution in [0.4, 0.5) is 0 Å². The van der Waals surface area contributed by atoms with Crippen LogP contribution in [0.1, 0.15) is 29.5 Å². The van der Waals surface area contributed by atoms with Gasteiger partial charge in [0.1, 0.15) is 0 Å². The number of carbonyl (C=O) groups is 1. The summed E-state index contributed by atoms with van der Waals surface area (Å²) in [5, 5.41) is 0. The second kappa shape index (κ2) is 9.66. The van der Waals surface area contributed by atoms with Gasteiger partial charge in [-0.15, -0.1) is 0 Å². The summed E-state index contributed by atoms with van der Waals surface area (Å²) in [5.41, 5.74) is 5.94. The summed E-state index contributed by atoms with van der Waals surface area (Å²) >= 11 is 0. The maximum absolute atomic E-state index is 13.5. The molecule has 0 saturated carbocycles. The maximum Gasteiger partial charge on any atom is 0.228 e. The highest BCUT2D eigenvalue weighted by Gasteiger charge is 2.42. The molecule has 1 amide bonds. The van der Waals surface area contributed by atoms with Crippen molar-refractivity contribution in [2.75, 3.05) is 27.2 Å². The Morgan fingerprint density at radius 1 is 0.938 bits per heavy atom. The van der Waals surface area contributed by atoms with E-state index < -0.39 is 0 Å². The highest BCUT2D eigenvalue weighted by molar-refractivity contribution is 5.83. The largest absolute Gasteiger partial charge is 0.348 e. The molecule has 1 fully saturated rings. The van der Waals surface area contributed by atoms with E-state index in [-0.39, 0.29) is 11.3 Å². The molecule has 0 unspecified atom stereocenters. The molecule has 1 aliphatic rings. The van der Waals surface area contributed by atoms with Crippen LogP contribution in [0.2, 0.25) is 0 Å². The number of piperidine rings is 1. The lowest BCUT2D eigenvalue weighted by atomic mass is 9.71. The van der Waals surface area contributed by atoms with Gasteiger partial charge in [0.2, 0.25) is 5.91 Å². The van der Waals surface area contributed by atoms with Crippen molar-refractivity contribution in [3.8, 4) is 11.1 Å². The van der Waals surface area contributed by atoms with Crippen LogP contribution < -0.4 is 0 Å². The van der Waals surface area contributed by atoms with Crippen LogP contribution in [0.3, 0.4) is 0 Å². The molecule has 0 atom stereocenters. The van der Waals surface area contributed by atoms with Crippen molar-refractivity contribution in [2.24, 2.45) is 5.41 Å². The molecular weight excluding hydrogens is 394 g/mol. The summed E-state index contributed by atoms with van der Waals surface area (Å²) in [7, 11) is 3.78. The molecule has 4 nitrogen and oxygen atoms in total. The van der Waals surface area contributed by atoms with Crippen LogP contribution in [0.25, 0.3) is 11.1 Å². The third-order valence-corrected chi connectivity index (χ3v) is 6.81. The highest BCUT2D eigenvalue weighted by atomic mass is 16.2. The van der Waals surface area contributed by atoms with Crippen molar-refractivity contribution >= 4 is 5.91 Å². The number of carbonyl (C=O) groups excluding carboxylic acids is 1. The molecule has 0 N–H and O–H groups in total. The van der Waals surface area contributed by atoms with Crippen LogP contribution in [0.5, 0.6) is 0 Å². The number of pyridine rings is 1. The lowest BCUT2D eigenvalue weighted by Crippen LogP contribution is -2.49. The van der Waals surface area contributed by atoms with Crippen molar-refractivity contribution in [1.29, 1.82) is 0 Å². The van der Waals surface area contributed by atoms with Gasteiger partial charge in [-0.1, -0.05) is 48.5 Å². The van der Waals surface area contributed by atoms with Gasteiger partial charge in [-0.05, 0) is 79.2 Å². The second-order valence-electron chi connectivity index (χ2n) is 9.26. The lowest BCUT2D eigenvalue weighted by molar-refractivity contribution is -0.142. The van der Waals surface area contributed by atoms with Crippen molar-refractivity contribution < 1.29 is 4.79 Å². The quantitative estimate of drug-likeness (QED) is 0.557. The summed E-state index contributed by atoms with van der Waals surface area (Å²) in [6.45, 7) is 4.92. The van der Waals surface area contributed by atoms with E-state index in [1.54, 1.807) is 4.90 Å². The normalized spacial score (nSPS) is 16.0. The first-order valence-corrected chi connectivity index (χ1v) is 11.5. The molecule has 3 aromatic rings. The summed E-state index contributed by atoms with van der Waals surface area (Å²) in [6.07, 6.45) is 6.22. The zero-order chi connectivity index (χ0) is 22.6. The number of benzene rings is 2. The Labute approximate surface area is 191 Å². The first-order valence-electron chi connectivity index (χ1n) is 11.5. The number of hydrogen-bond donors (Lipinski definition) is 0. The molecule has 2 aromatic carbocycles. The lowest BCUT2D eigenvalue weighted by Gasteiger charge is -2.42. The SMILES string of the molecule is Cc1ccccc1-c1ccccc1CC1(C(=O)N(C)C)CCN(Cc2ccncc2)CC1. The average molecular weight is 428 g/mol. The number of rotatable bonds is 6. The van der Waals surface area contributed by atoms with Crippen molar-refractivity contribution in [3.63, 3.8) is 0 Å². The Morgan fingerprint density at radius 2 is 1.56 bits per heavy atom. The monoisotopic (exact) mass is 427 g/mol. The van der Waals surface area contributed by atoms with Crippen LogP contribution in [0.15, 0.2) is 73.1 Å². The van der Waals surface area contributed by atoms with Gasteiger partial charge in [-0.25, -0.2) is 0 Å². The molecule has 1 aromatic heterocycles. The summed E-state index contributed by atoms with van der Waals surface area (Å²) in [4.78, 5) is 21.9. The van der Waals surface area contributed by atoms with Crippen LogP contribution in [0, 0.1) is 12.3 Å². The number of hydrogen-bond acceptors (Lipinski definition) is 3. The van der Waals surface area contributed by atoms with Gasteiger partial charge >= 0.3 is 0 Å². The van der Waals surface area contributed by atoms with Gasteiger partial charge < -0.3 is 4.90 Å². The van der Waals surface area contributed by atoms with E-state index in [0.29, 0.717) is 0 Å². The summed E-state index contributed by atoms with van der Waals surface area (Å²) in [6, 6.07) is 21.3. The van der Waals surface area contributed by atoms with Crippen molar-refractivity contribution in [3.05, 3.63) is 89.7 Å². The Hall–Kier alpha value is -2.98. The average Bonchev–Trinajstić information content (AvgIpc) is 2.81. The fourth-order valence-electron chi connectivity index (χ4n) is 5.00. The number of nitrogens with zero attached hydrogens (tertiary/aromatic N) is 3. The Balaban J connectivity index is 1.60. The molecule has 0 spiro atoms. The molecule has 0 radical (unpaired) electrons. The van der Waals surface area contributed by atoms with Crippen molar-refractivity contribution in [2.45, 2.75) is 32.7 Å². The Morgan fingerprint density at radius 3 is 2.22 bits per heavy atom. The van der Waals surface area contributed by atoms with Gasteiger partial charge in [-0.2, -0.15) is 0 Å². The van der Waals surface area contributed by atoms with E-state index >= 15 is 0 Å². The highest BCUT2D eigenvalue weighted by Crippen LogP contribution is 2.40. The van der Waals surface area contributed by atoms with Crippen LogP contribution >= 0.6 is 0 Å². The Kier molecular flexibility index (Phi) is 6.71. The van der Waals surface area contributed by atoms with Gasteiger partial charge in [0.05, 0.1) is 5.41 Å². The molecule has 1 saturated heterocycles. The minimum Gasteiger partial charge on any atom is -0.348 e. The van der Waals surface area contributed by atoms with Gasteiger partial charge in [0.25, 0.3) is 0 Å². The van der Waals surface area contributed by atoms with Crippen molar-refractivity contribution in [1.82, 2.24) is 14.8 Å². The fourth-order valence-corrected chi connectivity index (χ4v) is 5.00. The van der Waals surface area contributed by atoms with Gasteiger partial charge in [0, 0.05) is 33.0 Å². The number of aryl methyl sites for hydroxylation is 1. The van der Waals surface area contributed by atoms with Gasteiger partial charge in [-0.3, -0.25) is 14.7 Å². The molecule has 32 heavy (non-hydrogen) atoms. The molecule has 4 rings (SSSR count). The standard InChI is InChI=1S/C28H33N3O/c1-22-8-4-6-10-25(22)26-11-7-5-9-24(26)20-28(27(32)30(2)3)14-18-31(19-15-28)21-23-12-16-29-17-13-23/h4-13,16-17H,14-15,18-21H2,1-3H3. The molecule has 0 bridgehead atoms. The maximum atomic E-state index is 13.5. The van der Waals surface area contributed by atoms with E-state index in [9.17, 15) is 4.79 Å². The molecule has 0 aliphatic carbocycles. The van der Waals surface area contributed by atoms with Crippen LogP contribution in [-0.2, 0) is 17.8 Å². The van der Waals surface area contributed by atoms with E-state index in [4.69, 9.17) is 0 Å². The first kappa shape index (κ1) is 22.2. The van der Waals surface area contributed by atoms with E-state index in [1.165, 1.54) is 27.8 Å². The predicted octanol–water partition coefficient (Wildman–Crippen LogP) is 4.97. The number of likely N-dealkylation sites (tertiary alicyclic amines) is 1. The minimum atomic E-state index is -0.364. The number of amides is 1. The third-order valence-electron chi connectivity index (χ3n) is 6.81. The first-order chi connectivity index (χ1) is 15.5. The molecule has 166 valence electrons. The fraction of sp³-hybridized carbons (Fsp3) is 0.357. The molecule has 1 aliphatic heterocycles. The summed E-state index contributed by atoms with van der Waals surface area (Å²) < 4.78 is 0. The van der Waals surface area contributed by atoms with E-state index in [2.05, 4.69) is 77.5 Å². The number of aromatic nitrogens is 1. The third kappa shape index (κ3) is 4.76.